The van der Waals surface area contributed by atoms with E-state index in [1.165, 1.54) is 12.8 Å². The van der Waals surface area contributed by atoms with Gasteiger partial charge in [0.2, 0.25) is 0 Å². The van der Waals surface area contributed by atoms with Gasteiger partial charge in [-0.05, 0) is 49.4 Å². The van der Waals surface area contributed by atoms with Crippen LogP contribution < -0.4 is 10.2 Å². The first-order valence-electron chi connectivity index (χ1n) is 9.23. The average molecular weight is 408 g/mol. The van der Waals surface area contributed by atoms with Crippen LogP contribution in [0.15, 0.2) is 0 Å². The van der Waals surface area contributed by atoms with Crippen molar-refractivity contribution in [2.24, 2.45) is 10.8 Å². The van der Waals surface area contributed by atoms with Crippen LogP contribution >= 0.6 is 0 Å². The van der Waals surface area contributed by atoms with Gasteiger partial charge in [-0.25, -0.2) is 0 Å². The van der Waals surface area contributed by atoms with E-state index in [1.807, 2.05) is 0 Å². The quantitative estimate of drug-likeness (QED) is 0.410. The maximum absolute atomic E-state index is 10.0. The van der Waals surface area contributed by atoms with Crippen molar-refractivity contribution >= 4 is 11.9 Å². The number of aliphatic carboxylic acids is 2. The third kappa shape index (κ3) is 35.5. The number of carboxylic acids is 2. The fourth-order valence-electron chi connectivity index (χ4n) is 2.20. The van der Waals surface area contributed by atoms with Crippen LogP contribution in [-0.2, 0) is 29.1 Å². The van der Waals surface area contributed by atoms with Gasteiger partial charge in [0.25, 0.3) is 0 Å². The van der Waals surface area contributed by atoms with Gasteiger partial charge in [0.15, 0.2) is 0 Å². The Morgan fingerprint density at radius 2 is 0.880 bits per heavy atom. The molecule has 25 heavy (non-hydrogen) atoms. The molecule has 0 aliphatic heterocycles. The van der Waals surface area contributed by atoms with E-state index in [-0.39, 0.29) is 32.3 Å². The summed E-state index contributed by atoms with van der Waals surface area (Å²) in [7, 11) is 0. The summed E-state index contributed by atoms with van der Waals surface area (Å²) < 4.78 is 0. The first-order chi connectivity index (χ1) is 10.8. The number of hydrogen-bond acceptors (Lipinski definition) is 4. The first kappa shape index (κ1) is 29.3. The van der Waals surface area contributed by atoms with Crippen molar-refractivity contribution in [2.45, 2.75) is 106 Å². The predicted molar refractivity (Wildman–Crippen MR) is 95.1 cm³/mol. The second kappa shape index (κ2) is 15.8. The van der Waals surface area contributed by atoms with Crippen LogP contribution in [0.5, 0.6) is 0 Å². The molecule has 0 saturated carbocycles. The van der Waals surface area contributed by atoms with E-state index in [2.05, 4.69) is 41.5 Å². The SMILES string of the molecule is CC(C)(C)CCCCCC(=O)[O-].CC(C)(C)CCCCCC(=O)[O-].[Zn+2]. The normalized spacial score (nSPS) is 11.1. The predicted octanol–water partition coefficient (Wildman–Crippen LogP) is 3.46. The molecule has 0 N–H and O–H groups in total. The Morgan fingerprint density at radius 3 is 1.08 bits per heavy atom. The minimum atomic E-state index is -0.925. The van der Waals surface area contributed by atoms with Gasteiger partial charge in [-0.2, -0.15) is 0 Å². The Morgan fingerprint density at radius 1 is 0.600 bits per heavy atom. The van der Waals surface area contributed by atoms with Crippen LogP contribution in [0.2, 0.25) is 0 Å². The molecule has 0 aromatic rings. The number of hydrogen-bond donors (Lipinski definition) is 0. The smallest absolute Gasteiger partial charge is 0.550 e. The van der Waals surface area contributed by atoms with Gasteiger partial charge >= 0.3 is 19.5 Å². The number of rotatable bonds is 10. The molecule has 0 unspecified atom stereocenters. The van der Waals surface area contributed by atoms with E-state index >= 15 is 0 Å². The minimum absolute atomic E-state index is 0. The molecule has 0 aliphatic carbocycles. The molecule has 0 heterocycles. The van der Waals surface area contributed by atoms with Crippen molar-refractivity contribution in [2.75, 3.05) is 0 Å². The van der Waals surface area contributed by atoms with Gasteiger partial charge in [0, 0.05) is 11.9 Å². The minimum Gasteiger partial charge on any atom is -0.550 e. The van der Waals surface area contributed by atoms with Crippen LogP contribution in [0, 0.1) is 10.8 Å². The van der Waals surface area contributed by atoms with Gasteiger partial charge in [0.1, 0.15) is 0 Å². The molecular formula is C20H38O4Zn. The van der Waals surface area contributed by atoms with Crippen LogP contribution in [0.25, 0.3) is 0 Å². The molecule has 0 fully saturated rings. The van der Waals surface area contributed by atoms with Crippen LogP contribution in [0.3, 0.4) is 0 Å². The van der Waals surface area contributed by atoms with Crippen molar-refractivity contribution in [1.29, 1.82) is 0 Å². The van der Waals surface area contributed by atoms with Gasteiger partial charge < -0.3 is 19.8 Å². The zero-order chi connectivity index (χ0) is 19.2. The average Bonchev–Trinajstić information content (AvgIpc) is 2.35. The molecule has 0 aromatic carbocycles. The van der Waals surface area contributed by atoms with E-state index < -0.39 is 11.9 Å². The number of carbonyl (C=O) groups is 2. The fraction of sp³-hybridized carbons (Fsp3) is 0.900. The van der Waals surface area contributed by atoms with E-state index in [0.717, 1.165) is 38.5 Å². The maximum Gasteiger partial charge on any atom is 2.00 e. The monoisotopic (exact) mass is 406 g/mol. The Balaban J connectivity index is -0.000000372. The second-order valence-electron chi connectivity index (χ2n) is 8.99. The Kier molecular flexibility index (Phi) is 18.5. The summed E-state index contributed by atoms with van der Waals surface area (Å²) in [5.74, 6) is -1.85. The van der Waals surface area contributed by atoms with Crippen molar-refractivity contribution in [3.05, 3.63) is 0 Å². The summed E-state index contributed by atoms with van der Waals surface area (Å²) in [5, 5.41) is 20.1. The van der Waals surface area contributed by atoms with Crippen LogP contribution in [-0.4, -0.2) is 11.9 Å². The Hall–Kier alpha value is -0.437. The van der Waals surface area contributed by atoms with Crippen molar-refractivity contribution in [1.82, 2.24) is 0 Å². The zero-order valence-corrected chi connectivity index (χ0v) is 20.4. The molecular weight excluding hydrogens is 370 g/mol. The summed E-state index contributed by atoms with van der Waals surface area (Å²) in [6, 6.07) is 0. The van der Waals surface area contributed by atoms with Crippen molar-refractivity contribution < 1.29 is 39.3 Å². The molecule has 0 radical (unpaired) electrons. The van der Waals surface area contributed by atoms with E-state index in [1.54, 1.807) is 0 Å². The molecule has 0 spiro atoms. The van der Waals surface area contributed by atoms with Gasteiger partial charge in [-0.3, -0.25) is 0 Å². The van der Waals surface area contributed by atoms with Crippen molar-refractivity contribution in [3.63, 3.8) is 0 Å². The van der Waals surface area contributed by atoms with E-state index in [9.17, 15) is 19.8 Å². The molecule has 0 bridgehead atoms. The number of unbranched alkanes of at least 4 members (excludes halogenated alkanes) is 4. The molecule has 0 rings (SSSR count). The molecule has 0 atom stereocenters. The van der Waals surface area contributed by atoms with E-state index in [4.69, 9.17) is 0 Å². The summed E-state index contributed by atoms with van der Waals surface area (Å²) in [4.78, 5) is 20.1. The first-order valence-corrected chi connectivity index (χ1v) is 9.23. The molecule has 144 valence electrons. The summed E-state index contributed by atoms with van der Waals surface area (Å²) >= 11 is 0. The van der Waals surface area contributed by atoms with Crippen LogP contribution in [0.1, 0.15) is 106 Å². The molecule has 0 aromatic heterocycles. The second-order valence-corrected chi connectivity index (χ2v) is 8.99. The molecule has 5 heteroatoms. The standard InChI is InChI=1S/2C10H20O2.Zn/c2*1-10(2,3)8-6-4-5-7-9(11)12;/h2*4-8H2,1-3H3,(H,11,12);/q;;+2/p-2. The Labute approximate surface area is 167 Å². The Bertz CT molecular complexity index is 307. The fourth-order valence-corrected chi connectivity index (χ4v) is 2.20. The summed E-state index contributed by atoms with van der Waals surface area (Å²) in [5.41, 5.74) is 0.753. The molecule has 0 aliphatic rings. The van der Waals surface area contributed by atoms with Crippen LogP contribution in [0.4, 0.5) is 0 Å². The largest absolute Gasteiger partial charge is 2.00 e. The van der Waals surface area contributed by atoms with Crippen molar-refractivity contribution in [3.8, 4) is 0 Å². The van der Waals surface area contributed by atoms with E-state index in [0.29, 0.717) is 10.8 Å². The molecule has 0 saturated heterocycles. The maximum atomic E-state index is 10.0. The summed E-state index contributed by atoms with van der Waals surface area (Å²) in [6.45, 7) is 13.2. The molecule has 0 amide bonds. The third-order valence-corrected chi connectivity index (χ3v) is 3.62. The third-order valence-electron chi connectivity index (χ3n) is 3.62. The van der Waals surface area contributed by atoms with Gasteiger partial charge in [-0.15, -0.1) is 0 Å². The zero-order valence-electron chi connectivity index (χ0n) is 17.4. The molecule has 4 nitrogen and oxygen atoms in total. The number of carboxylic acid groups (broad SMARTS) is 2. The number of carbonyl (C=O) groups excluding carboxylic acids is 2. The summed E-state index contributed by atoms with van der Waals surface area (Å²) in [6.07, 6.45) is 8.54. The van der Waals surface area contributed by atoms with Gasteiger partial charge in [0.05, 0.1) is 0 Å². The topological polar surface area (TPSA) is 80.3 Å². The van der Waals surface area contributed by atoms with Gasteiger partial charge in [-0.1, -0.05) is 67.2 Å².